The zero-order valence-corrected chi connectivity index (χ0v) is 12.9. The molecule has 0 radical (unpaired) electrons. The van der Waals surface area contributed by atoms with Crippen molar-refractivity contribution < 1.29 is 0 Å². The third-order valence-electron chi connectivity index (χ3n) is 3.67. The van der Waals surface area contributed by atoms with Gasteiger partial charge in [-0.2, -0.15) is 11.8 Å². The standard InChI is InChI=1S/C15H22ClNS/c1-10(2)15(12-4-6-13(16)7-5-12)17-14-8-9-18-11(14)3/h4-7,10-11,14-15,17H,8-9H2,1-3H3. The molecule has 0 saturated carbocycles. The molecule has 3 unspecified atom stereocenters. The van der Waals surface area contributed by atoms with Gasteiger partial charge in [0.15, 0.2) is 0 Å². The van der Waals surface area contributed by atoms with E-state index in [1.165, 1.54) is 17.7 Å². The van der Waals surface area contributed by atoms with E-state index in [0.29, 0.717) is 18.0 Å². The molecule has 2 rings (SSSR count). The maximum atomic E-state index is 5.97. The van der Waals surface area contributed by atoms with Crippen LogP contribution in [0.4, 0.5) is 0 Å². The first-order chi connectivity index (χ1) is 8.58. The Bertz CT molecular complexity index is 377. The maximum absolute atomic E-state index is 5.97. The second-order valence-corrected chi connectivity index (χ2v) is 7.33. The van der Waals surface area contributed by atoms with Crippen LogP contribution < -0.4 is 5.32 Å². The summed E-state index contributed by atoms with van der Waals surface area (Å²) in [7, 11) is 0. The third kappa shape index (κ3) is 3.43. The van der Waals surface area contributed by atoms with Gasteiger partial charge in [0.1, 0.15) is 0 Å². The Kier molecular flexibility index (Phi) is 4.99. The van der Waals surface area contributed by atoms with Crippen molar-refractivity contribution >= 4 is 23.4 Å². The molecular weight excluding hydrogens is 262 g/mol. The fraction of sp³-hybridized carbons (Fsp3) is 0.600. The van der Waals surface area contributed by atoms with Gasteiger partial charge in [-0.25, -0.2) is 0 Å². The first-order valence-corrected chi connectivity index (χ1v) is 8.13. The molecule has 1 nitrogen and oxygen atoms in total. The molecule has 1 aliphatic heterocycles. The number of thioether (sulfide) groups is 1. The molecule has 3 atom stereocenters. The molecule has 0 amide bonds. The lowest BCUT2D eigenvalue weighted by Crippen LogP contribution is -2.38. The SMILES string of the molecule is CC(C)C(NC1CCSC1C)c1ccc(Cl)cc1. The van der Waals surface area contributed by atoms with Crippen molar-refractivity contribution in [2.45, 2.75) is 44.5 Å². The molecule has 100 valence electrons. The van der Waals surface area contributed by atoms with E-state index < -0.39 is 0 Å². The summed E-state index contributed by atoms with van der Waals surface area (Å²) < 4.78 is 0. The highest BCUT2D eigenvalue weighted by molar-refractivity contribution is 8.00. The van der Waals surface area contributed by atoms with Gasteiger partial charge in [0.05, 0.1) is 0 Å². The molecule has 1 aromatic rings. The van der Waals surface area contributed by atoms with Gasteiger partial charge in [0.25, 0.3) is 0 Å². The van der Waals surface area contributed by atoms with E-state index in [2.05, 4.69) is 50.0 Å². The largest absolute Gasteiger partial charge is 0.306 e. The van der Waals surface area contributed by atoms with Gasteiger partial charge >= 0.3 is 0 Å². The Morgan fingerprint density at radius 2 is 1.94 bits per heavy atom. The van der Waals surface area contributed by atoms with Crippen LogP contribution in [0.2, 0.25) is 5.02 Å². The summed E-state index contributed by atoms with van der Waals surface area (Å²) in [5.74, 6) is 1.87. The summed E-state index contributed by atoms with van der Waals surface area (Å²) in [6, 6.07) is 9.33. The summed E-state index contributed by atoms with van der Waals surface area (Å²) >= 11 is 8.04. The molecule has 0 bridgehead atoms. The zero-order chi connectivity index (χ0) is 13.1. The second-order valence-electron chi connectivity index (χ2n) is 5.41. The minimum atomic E-state index is 0.424. The fourth-order valence-corrected chi connectivity index (χ4v) is 3.86. The molecule has 0 aliphatic carbocycles. The predicted molar refractivity (Wildman–Crippen MR) is 82.5 cm³/mol. The lowest BCUT2D eigenvalue weighted by Gasteiger charge is -2.28. The van der Waals surface area contributed by atoms with Crippen molar-refractivity contribution in [3.63, 3.8) is 0 Å². The third-order valence-corrected chi connectivity index (χ3v) is 5.24. The van der Waals surface area contributed by atoms with E-state index in [1.54, 1.807) is 0 Å². The molecule has 0 spiro atoms. The van der Waals surface area contributed by atoms with E-state index in [-0.39, 0.29) is 0 Å². The van der Waals surface area contributed by atoms with Gasteiger partial charge in [-0.05, 0) is 35.8 Å². The lowest BCUT2D eigenvalue weighted by atomic mass is 9.94. The molecule has 1 saturated heterocycles. The summed E-state index contributed by atoms with van der Waals surface area (Å²) in [6.07, 6.45) is 1.28. The quantitative estimate of drug-likeness (QED) is 0.872. The molecule has 3 heteroatoms. The first kappa shape index (κ1) is 14.2. The van der Waals surface area contributed by atoms with Gasteiger partial charge in [0, 0.05) is 22.4 Å². The molecule has 1 N–H and O–H groups in total. The Hall–Kier alpha value is -0.180. The van der Waals surface area contributed by atoms with Crippen molar-refractivity contribution in [1.82, 2.24) is 5.32 Å². The van der Waals surface area contributed by atoms with Crippen LogP contribution in [0, 0.1) is 5.92 Å². The summed E-state index contributed by atoms with van der Waals surface area (Å²) in [5, 5.41) is 5.37. The van der Waals surface area contributed by atoms with Crippen molar-refractivity contribution in [1.29, 1.82) is 0 Å². The van der Waals surface area contributed by atoms with Crippen LogP contribution in [0.15, 0.2) is 24.3 Å². The van der Waals surface area contributed by atoms with Crippen molar-refractivity contribution in [2.75, 3.05) is 5.75 Å². The van der Waals surface area contributed by atoms with Crippen molar-refractivity contribution in [2.24, 2.45) is 5.92 Å². The zero-order valence-electron chi connectivity index (χ0n) is 11.3. The molecule has 1 aromatic carbocycles. The van der Waals surface area contributed by atoms with Crippen molar-refractivity contribution in [3.8, 4) is 0 Å². The Labute approximate surface area is 120 Å². The van der Waals surface area contributed by atoms with Crippen LogP contribution in [-0.2, 0) is 0 Å². The summed E-state index contributed by atoms with van der Waals surface area (Å²) in [6.45, 7) is 6.88. The van der Waals surface area contributed by atoms with Crippen LogP contribution in [0.3, 0.4) is 0 Å². The first-order valence-electron chi connectivity index (χ1n) is 6.71. The number of benzene rings is 1. The van der Waals surface area contributed by atoms with Crippen LogP contribution in [-0.4, -0.2) is 17.0 Å². The maximum Gasteiger partial charge on any atom is 0.0406 e. The minimum Gasteiger partial charge on any atom is -0.306 e. The molecule has 1 fully saturated rings. The molecule has 18 heavy (non-hydrogen) atoms. The number of hydrogen-bond donors (Lipinski definition) is 1. The van der Waals surface area contributed by atoms with E-state index in [9.17, 15) is 0 Å². The van der Waals surface area contributed by atoms with Gasteiger partial charge in [-0.15, -0.1) is 0 Å². The number of halogens is 1. The van der Waals surface area contributed by atoms with Gasteiger partial charge in [0.2, 0.25) is 0 Å². The molecular formula is C15H22ClNS. The van der Waals surface area contributed by atoms with E-state index in [1.807, 2.05) is 12.1 Å². The summed E-state index contributed by atoms with van der Waals surface area (Å²) in [5.41, 5.74) is 1.35. The van der Waals surface area contributed by atoms with E-state index in [4.69, 9.17) is 11.6 Å². The number of hydrogen-bond acceptors (Lipinski definition) is 2. The second kappa shape index (κ2) is 6.31. The lowest BCUT2D eigenvalue weighted by molar-refractivity contribution is 0.357. The molecule has 1 aliphatic rings. The van der Waals surface area contributed by atoms with Crippen LogP contribution in [0.1, 0.15) is 38.8 Å². The Balaban J connectivity index is 2.10. The highest BCUT2D eigenvalue weighted by Crippen LogP contribution is 2.31. The minimum absolute atomic E-state index is 0.424. The smallest absolute Gasteiger partial charge is 0.0406 e. The molecule has 0 aromatic heterocycles. The summed E-state index contributed by atoms with van der Waals surface area (Å²) in [4.78, 5) is 0. The topological polar surface area (TPSA) is 12.0 Å². The van der Waals surface area contributed by atoms with Crippen LogP contribution in [0.5, 0.6) is 0 Å². The van der Waals surface area contributed by atoms with Crippen molar-refractivity contribution in [3.05, 3.63) is 34.9 Å². The Morgan fingerprint density at radius 1 is 1.28 bits per heavy atom. The van der Waals surface area contributed by atoms with Crippen LogP contribution >= 0.6 is 23.4 Å². The highest BCUT2D eigenvalue weighted by Gasteiger charge is 2.27. The van der Waals surface area contributed by atoms with E-state index >= 15 is 0 Å². The van der Waals surface area contributed by atoms with Gasteiger partial charge in [-0.1, -0.05) is 44.5 Å². The number of rotatable bonds is 4. The average molecular weight is 284 g/mol. The highest BCUT2D eigenvalue weighted by atomic mass is 35.5. The predicted octanol–water partition coefficient (Wildman–Crippen LogP) is 4.52. The van der Waals surface area contributed by atoms with Crippen LogP contribution in [0.25, 0.3) is 0 Å². The fourth-order valence-electron chi connectivity index (χ4n) is 2.52. The monoisotopic (exact) mass is 283 g/mol. The number of nitrogens with one attached hydrogen (secondary N) is 1. The van der Waals surface area contributed by atoms with E-state index in [0.717, 1.165) is 10.3 Å². The van der Waals surface area contributed by atoms with Gasteiger partial charge < -0.3 is 5.32 Å². The Morgan fingerprint density at radius 3 is 2.44 bits per heavy atom. The van der Waals surface area contributed by atoms with Gasteiger partial charge in [-0.3, -0.25) is 0 Å². The average Bonchev–Trinajstić information content (AvgIpc) is 2.73. The molecule has 1 heterocycles. The normalized spacial score (nSPS) is 25.6.